The molecular formula is C11H9F3N2. The number of rotatable bonds is 1. The van der Waals surface area contributed by atoms with Gasteiger partial charge in [0.25, 0.3) is 0 Å². The number of para-hydroxylation sites is 1. The van der Waals surface area contributed by atoms with E-state index >= 15 is 0 Å². The Morgan fingerprint density at radius 2 is 1.75 bits per heavy atom. The van der Waals surface area contributed by atoms with E-state index in [4.69, 9.17) is 0 Å². The lowest BCUT2D eigenvalue weighted by Gasteiger charge is -2.03. The van der Waals surface area contributed by atoms with Crippen LogP contribution in [-0.4, -0.2) is 9.55 Å². The zero-order valence-electron chi connectivity index (χ0n) is 8.49. The number of hydrogen-bond acceptors (Lipinski definition) is 1. The Hall–Kier alpha value is -1.78. The molecule has 0 aliphatic carbocycles. The summed E-state index contributed by atoms with van der Waals surface area (Å²) in [6.07, 6.45) is -3.39. The Morgan fingerprint density at radius 3 is 2.25 bits per heavy atom. The highest BCUT2D eigenvalue weighted by atomic mass is 19.4. The Balaban J connectivity index is 2.48. The Labute approximate surface area is 90.4 Å². The second-order valence-electron chi connectivity index (χ2n) is 3.38. The van der Waals surface area contributed by atoms with Crippen molar-refractivity contribution < 1.29 is 13.2 Å². The molecular weight excluding hydrogens is 217 g/mol. The van der Waals surface area contributed by atoms with E-state index in [-0.39, 0.29) is 0 Å². The molecule has 0 N–H and O–H groups in total. The number of aryl methyl sites for hydroxylation is 1. The van der Waals surface area contributed by atoms with Gasteiger partial charge >= 0.3 is 6.18 Å². The van der Waals surface area contributed by atoms with Crippen molar-refractivity contribution in [1.82, 2.24) is 9.55 Å². The topological polar surface area (TPSA) is 17.8 Å². The molecule has 0 atom stereocenters. The van der Waals surface area contributed by atoms with Gasteiger partial charge < -0.3 is 4.57 Å². The van der Waals surface area contributed by atoms with E-state index in [1.165, 1.54) is 4.57 Å². The summed E-state index contributed by atoms with van der Waals surface area (Å²) < 4.78 is 38.7. The molecule has 0 aliphatic rings. The molecule has 0 bridgehead atoms. The lowest BCUT2D eigenvalue weighted by molar-refractivity contribution is -0.141. The fraction of sp³-hybridized carbons (Fsp3) is 0.182. The maximum atomic E-state index is 12.4. The van der Waals surface area contributed by atoms with Gasteiger partial charge in [-0.1, -0.05) is 18.2 Å². The molecule has 1 heterocycles. The molecule has 0 saturated carbocycles. The number of hydrogen-bond donors (Lipinski definition) is 0. The summed E-state index contributed by atoms with van der Waals surface area (Å²) >= 11 is 0. The first-order chi connectivity index (χ1) is 7.48. The summed E-state index contributed by atoms with van der Waals surface area (Å²) in [7, 11) is 0. The molecule has 0 saturated heterocycles. The standard InChI is InChI=1S/C11H9F3N2/c1-8-15-10(11(12,13)14)7-16(8)9-5-3-2-4-6-9/h2-7H,1H3. The lowest BCUT2D eigenvalue weighted by atomic mass is 10.3. The van der Waals surface area contributed by atoms with Gasteiger partial charge in [0.05, 0.1) is 0 Å². The number of halogens is 3. The van der Waals surface area contributed by atoms with Crippen molar-refractivity contribution in [3.63, 3.8) is 0 Å². The fourth-order valence-corrected chi connectivity index (χ4v) is 1.46. The molecule has 5 heteroatoms. The zero-order valence-corrected chi connectivity index (χ0v) is 8.49. The predicted molar refractivity (Wildman–Crippen MR) is 53.3 cm³/mol. The van der Waals surface area contributed by atoms with Crippen LogP contribution >= 0.6 is 0 Å². The lowest BCUT2D eigenvalue weighted by Crippen LogP contribution is -2.04. The molecule has 0 unspecified atom stereocenters. The normalized spacial score (nSPS) is 11.8. The zero-order chi connectivity index (χ0) is 11.8. The molecule has 0 radical (unpaired) electrons. The van der Waals surface area contributed by atoms with E-state index in [2.05, 4.69) is 4.98 Å². The second kappa shape index (κ2) is 3.66. The second-order valence-corrected chi connectivity index (χ2v) is 3.38. The molecule has 0 aliphatic heterocycles. The van der Waals surface area contributed by atoms with E-state index in [0.29, 0.717) is 11.5 Å². The van der Waals surface area contributed by atoms with E-state index in [1.54, 1.807) is 37.3 Å². The van der Waals surface area contributed by atoms with Crippen LogP contribution in [0.2, 0.25) is 0 Å². The number of alkyl halides is 3. The first-order valence-electron chi connectivity index (χ1n) is 4.67. The average Bonchev–Trinajstić information content (AvgIpc) is 2.61. The number of imidazole rings is 1. The third kappa shape index (κ3) is 1.93. The summed E-state index contributed by atoms with van der Waals surface area (Å²) in [6.45, 7) is 1.54. The molecule has 1 aromatic carbocycles. The summed E-state index contributed by atoms with van der Waals surface area (Å²) in [4.78, 5) is 3.50. The third-order valence-electron chi connectivity index (χ3n) is 2.21. The van der Waals surface area contributed by atoms with E-state index < -0.39 is 11.9 Å². The van der Waals surface area contributed by atoms with Crippen LogP contribution in [0.25, 0.3) is 5.69 Å². The van der Waals surface area contributed by atoms with Crippen molar-refractivity contribution in [3.8, 4) is 5.69 Å². The first kappa shape index (κ1) is 10.7. The van der Waals surface area contributed by atoms with Gasteiger partial charge in [0, 0.05) is 11.9 Å². The Morgan fingerprint density at radius 1 is 1.12 bits per heavy atom. The summed E-state index contributed by atoms with van der Waals surface area (Å²) in [5, 5.41) is 0. The van der Waals surface area contributed by atoms with Crippen LogP contribution in [0.1, 0.15) is 11.5 Å². The maximum absolute atomic E-state index is 12.4. The maximum Gasteiger partial charge on any atom is 0.434 e. The predicted octanol–water partition coefficient (Wildman–Crippen LogP) is 3.20. The quantitative estimate of drug-likeness (QED) is 0.730. The van der Waals surface area contributed by atoms with Crippen LogP contribution in [0.15, 0.2) is 36.5 Å². The molecule has 0 amide bonds. The van der Waals surface area contributed by atoms with Gasteiger partial charge in [-0.3, -0.25) is 0 Å². The van der Waals surface area contributed by atoms with Gasteiger partial charge in [-0.05, 0) is 19.1 Å². The minimum Gasteiger partial charge on any atom is -0.303 e. The summed E-state index contributed by atoms with van der Waals surface area (Å²) in [5.74, 6) is 0.318. The van der Waals surface area contributed by atoms with Crippen LogP contribution in [0.3, 0.4) is 0 Å². The molecule has 2 nitrogen and oxygen atoms in total. The van der Waals surface area contributed by atoms with Gasteiger partial charge in [-0.2, -0.15) is 13.2 Å². The van der Waals surface area contributed by atoms with Crippen LogP contribution in [0.5, 0.6) is 0 Å². The minimum absolute atomic E-state index is 0.318. The van der Waals surface area contributed by atoms with Crippen molar-refractivity contribution in [2.45, 2.75) is 13.1 Å². The molecule has 2 aromatic rings. The average molecular weight is 226 g/mol. The fourth-order valence-electron chi connectivity index (χ4n) is 1.46. The molecule has 0 fully saturated rings. The van der Waals surface area contributed by atoms with E-state index in [9.17, 15) is 13.2 Å². The number of benzene rings is 1. The van der Waals surface area contributed by atoms with Gasteiger partial charge in [0.2, 0.25) is 0 Å². The smallest absolute Gasteiger partial charge is 0.303 e. The highest BCUT2D eigenvalue weighted by molar-refractivity contribution is 5.33. The van der Waals surface area contributed by atoms with Crippen LogP contribution in [0.4, 0.5) is 13.2 Å². The monoisotopic (exact) mass is 226 g/mol. The molecule has 2 rings (SSSR count). The number of aromatic nitrogens is 2. The van der Waals surface area contributed by atoms with Crippen molar-refractivity contribution in [2.75, 3.05) is 0 Å². The van der Waals surface area contributed by atoms with Crippen LogP contribution < -0.4 is 0 Å². The molecule has 0 spiro atoms. The highest BCUT2D eigenvalue weighted by Crippen LogP contribution is 2.29. The highest BCUT2D eigenvalue weighted by Gasteiger charge is 2.34. The Bertz CT molecular complexity index is 486. The SMILES string of the molecule is Cc1nc(C(F)(F)F)cn1-c1ccccc1. The van der Waals surface area contributed by atoms with E-state index in [0.717, 1.165) is 6.20 Å². The minimum atomic E-state index is -4.40. The summed E-state index contributed by atoms with van der Waals surface area (Å²) in [5.41, 5.74) is -0.197. The van der Waals surface area contributed by atoms with Gasteiger partial charge in [-0.25, -0.2) is 4.98 Å². The van der Waals surface area contributed by atoms with Crippen LogP contribution in [0, 0.1) is 6.92 Å². The van der Waals surface area contributed by atoms with Crippen molar-refractivity contribution >= 4 is 0 Å². The molecule has 84 valence electrons. The third-order valence-corrected chi connectivity index (χ3v) is 2.21. The van der Waals surface area contributed by atoms with E-state index in [1.807, 2.05) is 0 Å². The van der Waals surface area contributed by atoms with Crippen molar-refractivity contribution in [1.29, 1.82) is 0 Å². The Kier molecular flexibility index (Phi) is 2.46. The summed E-state index contributed by atoms with van der Waals surface area (Å²) in [6, 6.07) is 8.80. The van der Waals surface area contributed by atoms with Crippen molar-refractivity contribution in [2.24, 2.45) is 0 Å². The van der Waals surface area contributed by atoms with Gasteiger partial charge in [-0.15, -0.1) is 0 Å². The molecule has 16 heavy (non-hydrogen) atoms. The van der Waals surface area contributed by atoms with Gasteiger partial charge in [0.15, 0.2) is 5.69 Å². The first-order valence-corrected chi connectivity index (χ1v) is 4.67. The largest absolute Gasteiger partial charge is 0.434 e. The van der Waals surface area contributed by atoms with Crippen LogP contribution in [-0.2, 0) is 6.18 Å². The molecule has 1 aromatic heterocycles. The van der Waals surface area contributed by atoms with Crippen molar-refractivity contribution in [3.05, 3.63) is 48.0 Å². The number of nitrogens with zero attached hydrogens (tertiary/aromatic N) is 2. The van der Waals surface area contributed by atoms with Gasteiger partial charge in [0.1, 0.15) is 5.82 Å².